The van der Waals surface area contributed by atoms with Crippen molar-refractivity contribution < 1.29 is 9.90 Å². The van der Waals surface area contributed by atoms with Crippen molar-refractivity contribution in [3.8, 4) is 0 Å². The fourth-order valence-corrected chi connectivity index (χ4v) is 2.45. The van der Waals surface area contributed by atoms with Gasteiger partial charge >= 0.3 is 0 Å². The molecule has 0 rings (SSSR count). The van der Waals surface area contributed by atoms with Crippen LogP contribution in [0, 0.1) is 10.8 Å². The van der Waals surface area contributed by atoms with Gasteiger partial charge in [-0.1, -0.05) is 80.9 Å². The molecule has 0 aliphatic carbocycles. The molecule has 180 valence electrons. The Labute approximate surface area is 199 Å². The van der Waals surface area contributed by atoms with Gasteiger partial charge in [0, 0.05) is 11.8 Å². The van der Waals surface area contributed by atoms with Crippen molar-refractivity contribution in [2.45, 2.75) is 104 Å². The molecule has 1 atom stereocenters. The predicted octanol–water partition coefficient (Wildman–Crippen LogP) is 8.98. The molecule has 0 aromatic heterocycles. The number of rotatable bonds is 13. The Morgan fingerprint density at radius 2 is 1.43 bits per heavy atom. The lowest BCUT2D eigenvalue weighted by Gasteiger charge is -2.29. The molecule has 30 heavy (non-hydrogen) atoms. The molecule has 0 aromatic carbocycles. The zero-order valence-corrected chi connectivity index (χ0v) is 23.3. The summed E-state index contributed by atoms with van der Waals surface area (Å²) in [5, 5.41) is 9.79. The molecule has 0 heterocycles. The molecular formula is C25H49Cl2O2P. The summed E-state index contributed by atoms with van der Waals surface area (Å²) >= 11 is 10.8. The molecule has 5 heteroatoms. The molecule has 0 saturated heterocycles. The van der Waals surface area contributed by atoms with E-state index >= 15 is 0 Å². The number of hydrogen-bond donors (Lipinski definition) is 1. The molecule has 0 aliphatic rings. The summed E-state index contributed by atoms with van der Waals surface area (Å²) in [5.41, 5.74) is -0.201. The first-order valence-electron chi connectivity index (χ1n) is 11.1. The van der Waals surface area contributed by atoms with Gasteiger partial charge < -0.3 is 5.11 Å². The van der Waals surface area contributed by atoms with Crippen LogP contribution in [0.25, 0.3) is 0 Å². The van der Waals surface area contributed by atoms with Crippen molar-refractivity contribution in [3.05, 3.63) is 25.3 Å². The van der Waals surface area contributed by atoms with Crippen molar-refractivity contribution in [1.29, 1.82) is 0 Å². The molecule has 0 amide bonds. The second kappa shape index (κ2) is 19.8. The van der Waals surface area contributed by atoms with Crippen LogP contribution in [-0.4, -0.2) is 34.9 Å². The molecule has 0 aromatic rings. The summed E-state index contributed by atoms with van der Waals surface area (Å²) in [6, 6.07) is 0. The minimum Gasteiger partial charge on any atom is -0.393 e. The van der Waals surface area contributed by atoms with E-state index in [2.05, 4.69) is 40.9 Å². The maximum atomic E-state index is 11.6. The maximum absolute atomic E-state index is 11.6. The van der Waals surface area contributed by atoms with Gasteiger partial charge in [-0.25, -0.2) is 0 Å². The molecule has 1 unspecified atom stereocenters. The number of carbonyl (C=O) groups is 1. The molecule has 0 radical (unpaired) electrons. The van der Waals surface area contributed by atoms with Gasteiger partial charge in [-0.15, -0.1) is 36.4 Å². The Bertz CT molecular complexity index is 440. The maximum Gasteiger partial charge on any atom is 0.138 e. The van der Waals surface area contributed by atoms with Crippen LogP contribution >= 0.6 is 31.1 Å². The highest BCUT2D eigenvalue weighted by Gasteiger charge is 2.25. The van der Waals surface area contributed by atoms with E-state index in [0.717, 1.165) is 51.4 Å². The molecule has 0 fully saturated rings. The van der Waals surface area contributed by atoms with E-state index in [1.165, 1.54) is 0 Å². The zero-order valence-electron chi connectivity index (χ0n) is 20.9. The van der Waals surface area contributed by atoms with Gasteiger partial charge in [0.25, 0.3) is 0 Å². The molecular weight excluding hydrogens is 434 g/mol. The van der Waals surface area contributed by atoms with Crippen molar-refractivity contribution in [3.63, 3.8) is 0 Å². The highest BCUT2D eigenvalue weighted by molar-refractivity contribution is 7.60. The Morgan fingerprint density at radius 1 is 1.00 bits per heavy atom. The van der Waals surface area contributed by atoms with E-state index in [0.29, 0.717) is 5.78 Å². The molecule has 0 saturated carbocycles. The Hall–Kier alpha value is 0.120. The number of carbonyl (C=O) groups excluding carboxylic acids is 1. The minimum atomic E-state index is -0.197. The van der Waals surface area contributed by atoms with Gasteiger partial charge in [-0.3, -0.25) is 4.79 Å². The van der Waals surface area contributed by atoms with Crippen LogP contribution in [0.5, 0.6) is 0 Å². The van der Waals surface area contributed by atoms with Crippen molar-refractivity contribution in [1.82, 2.24) is 0 Å². The van der Waals surface area contributed by atoms with Gasteiger partial charge in [-0.05, 0) is 44.4 Å². The first-order chi connectivity index (χ1) is 13.7. The van der Waals surface area contributed by atoms with Gasteiger partial charge in [0.15, 0.2) is 0 Å². The number of halogens is 2. The van der Waals surface area contributed by atoms with Gasteiger partial charge in [0.05, 0.1) is 6.10 Å². The van der Waals surface area contributed by atoms with E-state index in [1.807, 2.05) is 39.3 Å². The Morgan fingerprint density at radius 3 is 1.77 bits per heavy atom. The van der Waals surface area contributed by atoms with E-state index in [9.17, 15) is 9.90 Å². The van der Waals surface area contributed by atoms with Crippen molar-refractivity contribution >= 4 is 36.9 Å². The quantitative estimate of drug-likeness (QED) is 0.161. The number of unbranched alkanes of at least 4 members (excludes halogenated alkanes) is 2. The SMILES string of the molecule is C=CCC(C)(C)C(=O)CCCC.C=CCC(C)(C)C(O)CCCC.CP(C)C(Cl)Cl. The average molecular weight is 484 g/mol. The number of alkyl halides is 2. The molecule has 0 bridgehead atoms. The van der Waals surface area contributed by atoms with E-state index in [-0.39, 0.29) is 29.4 Å². The number of aliphatic hydroxyl groups excluding tert-OH is 1. The van der Waals surface area contributed by atoms with Crippen LogP contribution in [0.2, 0.25) is 0 Å². The fourth-order valence-electron chi connectivity index (χ4n) is 2.45. The Balaban J connectivity index is -0.000000386. The van der Waals surface area contributed by atoms with Crippen LogP contribution in [0.15, 0.2) is 25.3 Å². The number of ketones is 1. The number of hydrogen-bond acceptors (Lipinski definition) is 2. The minimum absolute atomic E-state index is 0.00306. The summed E-state index contributed by atoms with van der Waals surface area (Å²) in [5.74, 6) is 0.365. The lowest BCUT2D eigenvalue weighted by Crippen LogP contribution is -2.28. The topological polar surface area (TPSA) is 37.3 Å². The van der Waals surface area contributed by atoms with Crippen LogP contribution in [-0.2, 0) is 4.79 Å². The van der Waals surface area contributed by atoms with Gasteiger partial charge in [0.2, 0.25) is 0 Å². The van der Waals surface area contributed by atoms with E-state index < -0.39 is 0 Å². The number of Topliss-reactive ketones (excluding diaryl/α,β-unsaturated/α-hetero) is 1. The highest BCUT2D eigenvalue weighted by Crippen LogP contribution is 2.37. The van der Waals surface area contributed by atoms with Gasteiger partial charge in [0.1, 0.15) is 10.4 Å². The largest absolute Gasteiger partial charge is 0.393 e. The van der Waals surface area contributed by atoms with E-state index in [1.54, 1.807) is 0 Å². The van der Waals surface area contributed by atoms with Crippen LogP contribution < -0.4 is 0 Å². The Kier molecular flexibility index (Phi) is 22.9. The summed E-state index contributed by atoms with van der Waals surface area (Å²) in [6.45, 7) is 23.9. The lowest BCUT2D eigenvalue weighted by molar-refractivity contribution is -0.127. The average Bonchev–Trinajstić information content (AvgIpc) is 2.64. The summed E-state index contributed by atoms with van der Waals surface area (Å²) in [7, 11) is -0.129. The summed E-state index contributed by atoms with van der Waals surface area (Å²) in [6.07, 6.45) is 11.2. The van der Waals surface area contributed by atoms with Gasteiger partial charge in [-0.2, -0.15) is 0 Å². The third-order valence-electron chi connectivity index (χ3n) is 4.96. The zero-order chi connectivity index (χ0) is 24.4. The van der Waals surface area contributed by atoms with E-state index in [4.69, 9.17) is 23.2 Å². The second-order valence-electron chi connectivity index (χ2n) is 9.28. The third kappa shape index (κ3) is 20.0. The number of aliphatic hydroxyl groups is 1. The first kappa shape index (κ1) is 34.7. The van der Waals surface area contributed by atoms with Crippen LogP contribution in [0.1, 0.15) is 92.9 Å². The standard InChI is InChI=1S/C11H22O.C11H20O.C3H7Cl2P/c2*1-5-7-8-10(12)11(3,4)9-6-2;1-6(2)3(4)5/h6,10,12H,2,5,7-9H2,1,3-4H3;6H,2,5,7-9H2,1,3-4H3;3H,1-2H3. The first-order valence-corrected chi connectivity index (χ1v) is 14.3. The monoisotopic (exact) mass is 482 g/mol. The van der Waals surface area contributed by atoms with Crippen molar-refractivity contribution in [2.24, 2.45) is 10.8 Å². The predicted molar refractivity (Wildman–Crippen MR) is 142 cm³/mol. The smallest absolute Gasteiger partial charge is 0.138 e. The number of allylic oxidation sites excluding steroid dienone is 2. The summed E-state index contributed by atoms with van der Waals surface area (Å²) in [4.78, 5) is 11.6. The lowest BCUT2D eigenvalue weighted by atomic mass is 9.81. The normalized spacial score (nSPS) is 12.4. The van der Waals surface area contributed by atoms with Crippen molar-refractivity contribution in [2.75, 3.05) is 13.3 Å². The van der Waals surface area contributed by atoms with Crippen LogP contribution in [0.3, 0.4) is 0 Å². The second-order valence-corrected chi connectivity index (χ2v) is 13.4. The molecule has 0 spiro atoms. The third-order valence-corrected chi connectivity index (χ3v) is 8.08. The summed E-state index contributed by atoms with van der Waals surface area (Å²) < 4.78 is -0.139. The molecule has 0 aliphatic heterocycles. The molecule has 1 N–H and O–H groups in total. The highest BCUT2D eigenvalue weighted by atomic mass is 35.5. The molecule has 2 nitrogen and oxygen atoms in total. The van der Waals surface area contributed by atoms with Crippen LogP contribution in [0.4, 0.5) is 0 Å². The fraction of sp³-hybridized carbons (Fsp3) is 0.800.